The first-order chi connectivity index (χ1) is 6.95. The largest absolute Gasteiger partial charge is 0.273 e. The normalized spacial score (nSPS) is 14.2. The first-order valence-corrected chi connectivity index (χ1v) is 5.38. The van der Waals surface area contributed by atoms with Crippen LogP contribution in [0.4, 0.5) is 0 Å². The van der Waals surface area contributed by atoms with Crippen LogP contribution in [0.1, 0.15) is 32.9 Å². The van der Waals surface area contributed by atoms with Crippen LogP contribution in [0.2, 0.25) is 0 Å². The number of hydrazine groups is 1. The number of rotatable bonds is 4. The molecule has 1 aromatic heterocycles. The van der Waals surface area contributed by atoms with Gasteiger partial charge in [-0.3, -0.25) is 16.0 Å². The molecule has 4 heteroatoms. The topological polar surface area (TPSA) is 55.9 Å². The highest BCUT2D eigenvalue weighted by atomic mass is 15.3. The van der Waals surface area contributed by atoms with E-state index < -0.39 is 0 Å². The van der Waals surface area contributed by atoms with Crippen LogP contribution < -0.4 is 11.3 Å². The summed E-state index contributed by atoms with van der Waals surface area (Å²) < 4.78 is 1.91. The second-order valence-corrected chi connectivity index (χ2v) is 5.07. The molecule has 0 saturated heterocycles. The molecule has 0 fully saturated rings. The van der Waals surface area contributed by atoms with Gasteiger partial charge in [0.25, 0.3) is 0 Å². The molecule has 0 aliphatic carbocycles. The average molecular weight is 210 g/mol. The van der Waals surface area contributed by atoms with E-state index in [0.717, 1.165) is 12.8 Å². The molecule has 86 valence electrons. The summed E-state index contributed by atoms with van der Waals surface area (Å²) in [4.78, 5) is 0. The molecule has 0 aliphatic rings. The number of nitrogens with one attached hydrogen (secondary N) is 1. The molecular weight excluding hydrogens is 188 g/mol. The summed E-state index contributed by atoms with van der Waals surface area (Å²) in [6.07, 6.45) is 3.86. The van der Waals surface area contributed by atoms with Crippen LogP contribution in [0, 0.1) is 5.41 Å². The van der Waals surface area contributed by atoms with Crippen molar-refractivity contribution in [2.24, 2.45) is 18.3 Å². The lowest BCUT2D eigenvalue weighted by Gasteiger charge is -2.30. The van der Waals surface area contributed by atoms with Gasteiger partial charge in [0.2, 0.25) is 0 Å². The van der Waals surface area contributed by atoms with Gasteiger partial charge in [0.05, 0.1) is 0 Å². The zero-order valence-electron chi connectivity index (χ0n) is 10.1. The van der Waals surface area contributed by atoms with E-state index in [4.69, 9.17) is 5.84 Å². The fourth-order valence-electron chi connectivity index (χ4n) is 1.71. The summed E-state index contributed by atoms with van der Waals surface area (Å²) in [7, 11) is 1.97. The number of hydrogen-bond donors (Lipinski definition) is 2. The van der Waals surface area contributed by atoms with Crippen LogP contribution in [0.5, 0.6) is 0 Å². The summed E-state index contributed by atoms with van der Waals surface area (Å²) in [5, 5.41) is 4.15. The molecule has 0 spiro atoms. The highest BCUT2D eigenvalue weighted by Gasteiger charge is 2.23. The van der Waals surface area contributed by atoms with Gasteiger partial charge in [-0.15, -0.1) is 0 Å². The standard InChI is InChI=1S/C11H22N4/c1-11(2,3)10(14-12)6-5-9-7-8-13-15(9)4/h7-8,10,14H,5-6,12H2,1-4H3. The lowest BCUT2D eigenvalue weighted by Crippen LogP contribution is -2.44. The number of aryl methyl sites for hydroxylation is 2. The smallest absolute Gasteiger partial charge is 0.0492 e. The molecule has 1 atom stereocenters. The Morgan fingerprint density at radius 2 is 2.20 bits per heavy atom. The van der Waals surface area contributed by atoms with Gasteiger partial charge in [-0.25, -0.2) is 0 Å². The van der Waals surface area contributed by atoms with E-state index >= 15 is 0 Å². The summed E-state index contributed by atoms with van der Waals surface area (Å²) in [5.74, 6) is 5.56. The van der Waals surface area contributed by atoms with Gasteiger partial charge >= 0.3 is 0 Å². The van der Waals surface area contributed by atoms with Crippen molar-refractivity contribution in [2.75, 3.05) is 0 Å². The summed E-state index contributed by atoms with van der Waals surface area (Å²) in [5.41, 5.74) is 4.33. The monoisotopic (exact) mass is 210 g/mol. The minimum absolute atomic E-state index is 0.188. The van der Waals surface area contributed by atoms with E-state index in [1.54, 1.807) is 0 Å². The Morgan fingerprint density at radius 1 is 1.53 bits per heavy atom. The van der Waals surface area contributed by atoms with Crippen LogP contribution in [-0.2, 0) is 13.5 Å². The van der Waals surface area contributed by atoms with E-state index in [1.165, 1.54) is 5.69 Å². The van der Waals surface area contributed by atoms with Crippen molar-refractivity contribution >= 4 is 0 Å². The van der Waals surface area contributed by atoms with Crippen molar-refractivity contribution in [3.05, 3.63) is 18.0 Å². The van der Waals surface area contributed by atoms with Gasteiger partial charge in [0, 0.05) is 25.0 Å². The molecule has 4 nitrogen and oxygen atoms in total. The van der Waals surface area contributed by atoms with E-state index in [2.05, 4.69) is 37.4 Å². The van der Waals surface area contributed by atoms with Gasteiger partial charge in [-0.1, -0.05) is 20.8 Å². The molecule has 15 heavy (non-hydrogen) atoms. The van der Waals surface area contributed by atoms with E-state index in [-0.39, 0.29) is 5.41 Å². The van der Waals surface area contributed by atoms with Crippen molar-refractivity contribution in [3.63, 3.8) is 0 Å². The van der Waals surface area contributed by atoms with Crippen molar-refractivity contribution < 1.29 is 0 Å². The molecule has 1 rings (SSSR count). The number of hydrogen-bond acceptors (Lipinski definition) is 3. The Balaban J connectivity index is 2.52. The molecular formula is C11H22N4. The highest BCUT2D eigenvalue weighted by Crippen LogP contribution is 2.22. The van der Waals surface area contributed by atoms with Crippen LogP contribution in [-0.4, -0.2) is 15.8 Å². The number of nitrogens with two attached hydrogens (primary N) is 1. The van der Waals surface area contributed by atoms with Crippen LogP contribution in [0.25, 0.3) is 0 Å². The molecule has 1 unspecified atom stereocenters. The molecule has 0 saturated carbocycles. The predicted octanol–water partition coefficient (Wildman–Crippen LogP) is 1.23. The summed E-state index contributed by atoms with van der Waals surface area (Å²) in [6, 6.07) is 2.38. The van der Waals surface area contributed by atoms with Crippen LogP contribution in [0.15, 0.2) is 12.3 Å². The number of nitrogens with zero attached hydrogens (tertiary/aromatic N) is 2. The molecule has 1 aromatic rings. The molecule has 0 radical (unpaired) electrons. The predicted molar refractivity (Wildman–Crippen MR) is 62.1 cm³/mol. The zero-order valence-corrected chi connectivity index (χ0v) is 10.1. The molecule has 0 aliphatic heterocycles. The van der Waals surface area contributed by atoms with E-state index in [0.29, 0.717) is 6.04 Å². The third-order valence-corrected chi connectivity index (χ3v) is 2.86. The first kappa shape index (κ1) is 12.2. The maximum atomic E-state index is 5.56. The second kappa shape index (κ2) is 4.77. The third kappa shape index (κ3) is 3.32. The quantitative estimate of drug-likeness (QED) is 0.580. The van der Waals surface area contributed by atoms with E-state index in [1.807, 2.05) is 17.9 Å². The lowest BCUT2D eigenvalue weighted by atomic mass is 9.84. The maximum Gasteiger partial charge on any atom is 0.0492 e. The lowest BCUT2D eigenvalue weighted by molar-refractivity contribution is 0.256. The number of aromatic nitrogens is 2. The minimum Gasteiger partial charge on any atom is -0.273 e. The zero-order chi connectivity index (χ0) is 11.5. The highest BCUT2D eigenvalue weighted by molar-refractivity contribution is 5.00. The SMILES string of the molecule is Cn1nccc1CCC(NN)C(C)(C)C. The Kier molecular flexibility index (Phi) is 3.88. The molecule has 0 aromatic carbocycles. The van der Waals surface area contributed by atoms with Gasteiger partial charge in [0.15, 0.2) is 0 Å². The first-order valence-electron chi connectivity index (χ1n) is 5.38. The van der Waals surface area contributed by atoms with E-state index in [9.17, 15) is 0 Å². The van der Waals surface area contributed by atoms with Gasteiger partial charge in [0.1, 0.15) is 0 Å². The maximum absolute atomic E-state index is 5.56. The van der Waals surface area contributed by atoms with Gasteiger partial charge in [-0.2, -0.15) is 5.10 Å². The summed E-state index contributed by atoms with van der Waals surface area (Å²) >= 11 is 0. The molecule has 0 amide bonds. The third-order valence-electron chi connectivity index (χ3n) is 2.86. The Hall–Kier alpha value is -0.870. The van der Waals surface area contributed by atoms with Crippen molar-refractivity contribution in [1.82, 2.24) is 15.2 Å². The molecule has 1 heterocycles. The second-order valence-electron chi connectivity index (χ2n) is 5.07. The molecule has 0 bridgehead atoms. The average Bonchev–Trinajstić information content (AvgIpc) is 2.50. The Morgan fingerprint density at radius 3 is 2.60 bits per heavy atom. The van der Waals surface area contributed by atoms with Crippen LogP contribution in [0.3, 0.4) is 0 Å². The van der Waals surface area contributed by atoms with Crippen LogP contribution >= 0.6 is 0 Å². The molecule has 3 N–H and O–H groups in total. The van der Waals surface area contributed by atoms with Crippen molar-refractivity contribution in [3.8, 4) is 0 Å². The van der Waals surface area contributed by atoms with Gasteiger partial charge < -0.3 is 0 Å². The summed E-state index contributed by atoms with van der Waals surface area (Å²) in [6.45, 7) is 6.59. The Labute approximate surface area is 91.8 Å². The van der Waals surface area contributed by atoms with Gasteiger partial charge in [-0.05, 0) is 24.3 Å². The fourth-order valence-corrected chi connectivity index (χ4v) is 1.71. The van der Waals surface area contributed by atoms with Crippen molar-refractivity contribution in [2.45, 2.75) is 39.7 Å². The minimum atomic E-state index is 0.188. The Bertz CT molecular complexity index is 298. The van der Waals surface area contributed by atoms with Crippen molar-refractivity contribution in [1.29, 1.82) is 0 Å². The fraction of sp³-hybridized carbons (Fsp3) is 0.727.